The van der Waals surface area contributed by atoms with Gasteiger partial charge in [-0.05, 0) is 24.0 Å². The van der Waals surface area contributed by atoms with Crippen molar-refractivity contribution < 1.29 is 14.6 Å². The zero-order valence-corrected chi connectivity index (χ0v) is 14.4. The molecule has 0 saturated heterocycles. The highest BCUT2D eigenvalue weighted by atomic mass is 16.5. The monoisotopic (exact) mass is 331 g/mol. The number of aryl methyl sites for hydroxylation is 1. The Morgan fingerprint density at radius 2 is 2.17 bits per heavy atom. The summed E-state index contributed by atoms with van der Waals surface area (Å²) in [7, 11) is 0. The van der Waals surface area contributed by atoms with Crippen LogP contribution in [0.3, 0.4) is 0 Å². The first kappa shape index (κ1) is 19.7. The van der Waals surface area contributed by atoms with Crippen molar-refractivity contribution in [3.63, 3.8) is 0 Å². The molecule has 6 nitrogen and oxygen atoms in total. The van der Waals surface area contributed by atoms with Crippen LogP contribution in [0.2, 0.25) is 0 Å². The molecule has 1 rings (SSSR count). The normalized spacial score (nSPS) is 11.2. The summed E-state index contributed by atoms with van der Waals surface area (Å²) in [6, 6.07) is 7.75. The van der Waals surface area contributed by atoms with Gasteiger partial charge in [-0.2, -0.15) is 5.26 Å². The number of nitrogens with one attached hydrogen (secondary N) is 2. The quantitative estimate of drug-likeness (QED) is 0.366. The molecule has 0 fully saturated rings. The number of ether oxygens (including phenoxy) is 1. The van der Waals surface area contributed by atoms with E-state index < -0.39 is 5.91 Å². The summed E-state index contributed by atoms with van der Waals surface area (Å²) < 4.78 is 5.09. The molecule has 3 N–H and O–H groups in total. The first-order chi connectivity index (χ1) is 11.5. The number of aliphatic hydroxyl groups excluding tert-OH is 1. The topological polar surface area (TPSA) is 94.4 Å². The molecule has 130 valence electrons. The van der Waals surface area contributed by atoms with Gasteiger partial charge in [0, 0.05) is 18.4 Å². The Balaban J connectivity index is 2.73. The van der Waals surface area contributed by atoms with E-state index >= 15 is 0 Å². The van der Waals surface area contributed by atoms with E-state index in [1.54, 1.807) is 0 Å². The molecule has 24 heavy (non-hydrogen) atoms. The van der Waals surface area contributed by atoms with E-state index in [1.807, 2.05) is 31.2 Å². The van der Waals surface area contributed by atoms with E-state index in [4.69, 9.17) is 9.84 Å². The maximum absolute atomic E-state index is 12.3. The van der Waals surface area contributed by atoms with Crippen LogP contribution >= 0.6 is 0 Å². The molecule has 6 heteroatoms. The molecular weight excluding hydrogens is 306 g/mol. The minimum absolute atomic E-state index is 0.00452. The lowest BCUT2D eigenvalue weighted by Gasteiger charge is -2.16. The maximum Gasteiger partial charge on any atom is 0.267 e. The van der Waals surface area contributed by atoms with Crippen molar-refractivity contribution >= 4 is 11.6 Å². The van der Waals surface area contributed by atoms with Gasteiger partial charge in [0.15, 0.2) is 0 Å². The molecule has 1 aromatic rings. The molecule has 0 aromatic heterocycles. The van der Waals surface area contributed by atoms with E-state index in [0.29, 0.717) is 13.2 Å². The number of para-hydroxylation sites is 1. The Bertz CT molecular complexity index is 618. The number of benzene rings is 1. The van der Waals surface area contributed by atoms with Crippen LogP contribution in [-0.2, 0) is 9.53 Å². The van der Waals surface area contributed by atoms with Crippen LogP contribution in [0.25, 0.3) is 0 Å². The maximum atomic E-state index is 12.3. The van der Waals surface area contributed by atoms with Gasteiger partial charge in [-0.15, -0.1) is 0 Å². The lowest BCUT2D eigenvalue weighted by Crippen LogP contribution is -2.20. The van der Waals surface area contributed by atoms with Crippen molar-refractivity contribution in [1.29, 1.82) is 5.26 Å². The largest absolute Gasteiger partial charge is 0.394 e. The number of nitrogens with zero attached hydrogens (tertiary/aromatic N) is 1. The molecular formula is C18H25N3O3. The first-order valence-corrected chi connectivity index (χ1v) is 7.94. The number of carbonyl (C=O) groups excluding carboxylic acids is 1. The predicted molar refractivity (Wildman–Crippen MR) is 93.5 cm³/mol. The zero-order valence-electron chi connectivity index (χ0n) is 14.4. The van der Waals surface area contributed by atoms with Gasteiger partial charge in [-0.25, -0.2) is 0 Å². The third kappa shape index (κ3) is 6.03. The Kier molecular flexibility index (Phi) is 8.55. The van der Waals surface area contributed by atoms with Crippen molar-refractivity contribution in [2.75, 3.05) is 31.7 Å². The predicted octanol–water partition coefficient (Wildman–Crippen LogP) is 2.06. The average molecular weight is 331 g/mol. The molecule has 1 amide bonds. The van der Waals surface area contributed by atoms with Crippen molar-refractivity contribution in [2.45, 2.75) is 26.7 Å². The number of amides is 1. The Labute approximate surface area is 143 Å². The Hall–Kier alpha value is -2.36. The van der Waals surface area contributed by atoms with Crippen molar-refractivity contribution in [2.24, 2.45) is 0 Å². The molecule has 0 aliphatic rings. The Morgan fingerprint density at radius 1 is 1.42 bits per heavy atom. The minimum Gasteiger partial charge on any atom is -0.394 e. The summed E-state index contributed by atoms with van der Waals surface area (Å²) >= 11 is 0. The molecule has 1 aromatic carbocycles. The fourth-order valence-electron chi connectivity index (χ4n) is 2.14. The second-order valence-corrected chi connectivity index (χ2v) is 5.61. The van der Waals surface area contributed by atoms with Gasteiger partial charge in [0.1, 0.15) is 11.6 Å². The van der Waals surface area contributed by atoms with Crippen LogP contribution < -0.4 is 10.6 Å². The summed E-state index contributed by atoms with van der Waals surface area (Å²) in [4.78, 5) is 12.3. The molecule has 0 spiro atoms. The third-order valence-corrected chi connectivity index (χ3v) is 3.40. The summed E-state index contributed by atoms with van der Waals surface area (Å²) in [6.07, 6.45) is 1.38. The van der Waals surface area contributed by atoms with E-state index in [1.165, 1.54) is 6.20 Å². The van der Waals surface area contributed by atoms with Crippen LogP contribution in [0.1, 0.15) is 30.9 Å². The van der Waals surface area contributed by atoms with Crippen LogP contribution in [0.4, 0.5) is 5.69 Å². The molecule has 0 aliphatic carbocycles. The van der Waals surface area contributed by atoms with E-state index in [-0.39, 0.29) is 24.7 Å². The van der Waals surface area contributed by atoms with Gasteiger partial charge in [-0.1, -0.05) is 32.0 Å². The van der Waals surface area contributed by atoms with Gasteiger partial charge in [0.2, 0.25) is 0 Å². The third-order valence-electron chi connectivity index (χ3n) is 3.40. The van der Waals surface area contributed by atoms with E-state index in [2.05, 4.69) is 24.5 Å². The summed E-state index contributed by atoms with van der Waals surface area (Å²) in [6.45, 7) is 7.10. The fourth-order valence-corrected chi connectivity index (χ4v) is 2.14. The molecule has 0 atom stereocenters. The lowest BCUT2D eigenvalue weighted by atomic mass is 9.98. The molecule has 0 bridgehead atoms. The lowest BCUT2D eigenvalue weighted by molar-refractivity contribution is -0.112. The number of aliphatic hydroxyl groups is 1. The summed E-state index contributed by atoms with van der Waals surface area (Å²) in [5, 5.41) is 23.5. The van der Waals surface area contributed by atoms with Gasteiger partial charge >= 0.3 is 0 Å². The summed E-state index contributed by atoms with van der Waals surface area (Å²) in [5.74, 6) is -0.186. The van der Waals surface area contributed by atoms with Crippen molar-refractivity contribution in [3.05, 3.63) is 41.1 Å². The standard InChI is InChI=1S/C18H25N3O3/c1-13(2)16-6-4-5-14(3)17(16)21-18(23)15(11-19)12-20-7-9-24-10-8-22/h4-6,12-13,20,22H,7-10H2,1-3H3,(H,21,23)/b15-12-. The van der Waals surface area contributed by atoms with E-state index in [0.717, 1.165) is 16.8 Å². The highest BCUT2D eigenvalue weighted by molar-refractivity contribution is 6.07. The van der Waals surface area contributed by atoms with Gasteiger partial charge < -0.3 is 20.5 Å². The second kappa shape index (κ2) is 10.4. The van der Waals surface area contributed by atoms with Gasteiger partial charge in [0.25, 0.3) is 5.91 Å². The minimum atomic E-state index is -0.447. The van der Waals surface area contributed by atoms with Gasteiger partial charge in [0.05, 0.1) is 19.8 Å². The number of rotatable bonds is 9. The summed E-state index contributed by atoms with van der Waals surface area (Å²) in [5.41, 5.74) is 2.74. The fraction of sp³-hybridized carbons (Fsp3) is 0.444. The molecule has 0 unspecified atom stereocenters. The SMILES string of the molecule is Cc1cccc(C(C)C)c1NC(=O)/C(C#N)=C\NCCOCCO. The van der Waals surface area contributed by atoms with Crippen LogP contribution in [-0.4, -0.2) is 37.4 Å². The first-order valence-electron chi connectivity index (χ1n) is 7.94. The number of carbonyl (C=O) groups is 1. The molecule has 0 radical (unpaired) electrons. The molecule has 0 heterocycles. The average Bonchev–Trinajstić information content (AvgIpc) is 2.55. The molecule has 0 aliphatic heterocycles. The Morgan fingerprint density at radius 3 is 2.79 bits per heavy atom. The van der Waals surface area contributed by atoms with Crippen LogP contribution in [0.15, 0.2) is 30.0 Å². The number of anilines is 1. The second-order valence-electron chi connectivity index (χ2n) is 5.61. The van der Waals surface area contributed by atoms with Crippen molar-refractivity contribution in [1.82, 2.24) is 5.32 Å². The van der Waals surface area contributed by atoms with Crippen LogP contribution in [0.5, 0.6) is 0 Å². The molecule has 0 saturated carbocycles. The van der Waals surface area contributed by atoms with Crippen molar-refractivity contribution in [3.8, 4) is 6.07 Å². The number of hydrogen-bond acceptors (Lipinski definition) is 5. The smallest absolute Gasteiger partial charge is 0.267 e. The van der Waals surface area contributed by atoms with Crippen LogP contribution in [0, 0.1) is 18.3 Å². The highest BCUT2D eigenvalue weighted by Crippen LogP contribution is 2.27. The highest BCUT2D eigenvalue weighted by Gasteiger charge is 2.14. The number of hydrogen-bond donors (Lipinski definition) is 3. The number of nitriles is 1. The zero-order chi connectivity index (χ0) is 17.9. The van der Waals surface area contributed by atoms with E-state index in [9.17, 15) is 10.1 Å². The van der Waals surface area contributed by atoms with Gasteiger partial charge in [-0.3, -0.25) is 4.79 Å².